The number of carboxylic acids is 1. The Labute approximate surface area is 126 Å². The van der Waals surface area contributed by atoms with Crippen molar-refractivity contribution in [3.05, 3.63) is 34.1 Å². The maximum absolute atomic E-state index is 13.1. The average molecular weight is 344 g/mol. The minimum Gasteiger partial charge on any atom is -0.481 e. The van der Waals surface area contributed by atoms with Gasteiger partial charge in [0.05, 0.1) is 0 Å². The molecule has 0 bridgehead atoms. The van der Waals surface area contributed by atoms with E-state index in [1.54, 1.807) is 0 Å². The number of carboxylic acid groups (broad SMARTS) is 1. The zero-order valence-electron chi connectivity index (χ0n) is 11.5. The first kappa shape index (κ1) is 15.4. The molecule has 0 saturated carbocycles. The number of halogens is 2. The van der Waals surface area contributed by atoms with Gasteiger partial charge in [-0.25, -0.2) is 4.39 Å². The number of hydrogen-bond donors (Lipinski definition) is 1. The number of benzene rings is 1. The summed E-state index contributed by atoms with van der Waals surface area (Å²) >= 11 is 3.42. The first-order valence-corrected chi connectivity index (χ1v) is 7.67. The predicted molar refractivity (Wildman–Crippen MR) is 79.1 cm³/mol. The van der Waals surface area contributed by atoms with Gasteiger partial charge in [-0.05, 0) is 49.9 Å². The van der Waals surface area contributed by atoms with Crippen molar-refractivity contribution in [3.8, 4) is 0 Å². The molecule has 1 saturated heterocycles. The molecule has 1 fully saturated rings. The van der Waals surface area contributed by atoms with Crippen molar-refractivity contribution in [2.24, 2.45) is 5.92 Å². The maximum Gasteiger partial charge on any atom is 0.303 e. The molecule has 1 heterocycles. The van der Waals surface area contributed by atoms with Crippen LogP contribution in [0.5, 0.6) is 0 Å². The molecule has 0 radical (unpaired) electrons. The molecule has 1 aromatic carbocycles. The predicted octanol–water partition coefficient (Wildman–Crippen LogP) is 3.84. The van der Waals surface area contributed by atoms with Gasteiger partial charge in [0.15, 0.2) is 0 Å². The lowest BCUT2D eigenvalue weighted by Crippen LogP contribution is -2.25. The zero-order valence-corrected chi connectivity index (χ0v) is 13.1. The van der Waals surface area contributed by atoms with Crippen molar-refractivity contribution in [1.29, 1.82) is 0 Å². The lowest BCUT2D eigenvalue weighted by molar-refractivity contribution is -0.137. The third-order valence-corrected chi connectivity index (χ3v) is 4.73. The number of rotatable bonds is 5. The van der Waals surface area contributed by atoms with Gasteiger partial charge < -0.3 is 5.11 Å². The van der Waals surface area contributed by atoms with E-state index in [0.717, 1.165) is 36.0 Å². The Morgan fingerprint density at radius 2 is 2.35 bits per heavy atom. The number of aliphatic carboxylic acids is 1. The van der Waals surface area contributed by atoms with Gasteiger partial charge in [-0.1, -0.05) is 22.0 Å². The summed E-state index contributed by atoms with van der Waals surface area (Å²) in [5.74, 6) is -0.515. The van der Waals surface area contributed by atoms with Crippen molar-refractivity contribution in [2.75, 3.05) is 13.1 Å². The van der Waals surface area contributed by atoms with Gasteiger partial charge in [-0.3, -0.25) is 9.69 Å². The third kappa shape index (κ3) is 3.79. The second-order valence-corrected chi connectivity index (χ2v) is 6.28. The summed E-state index contributed by atoms with van der Waals surface area (Å²) in [6, 6.07) is 4.99. The van der Waals surface area contributed by atoms with Gasteiger partial charge in [0.2, 0.25) is 0 Å². The molecule has 20 heavy (non-hydrogen) atoms. The highest BCUT2D eigenvalue weighted by Crippen LogP contribution is 2.33. The summed E-state index contributed by atoms with van der Waals surface area (Å²) in [5.41, 5.74) is 1.07. The Bertz CT molecular complexity index is 495. The van der Waals surface area contributed by atoms with Crippen LogP contribution in [0, 0.1) is 11.7 Å². The van der Waals surface area contributed by atoms with E-state index < -0.39 is 5.97 Å². The fourth-order valence-electron chi connectivity index (χ4n) is 2.81. The van der Waals surface area contributed by atoms with E-state index in [1.807, 2.05) is 6.07 Å². The molecule has 110 valence electrons. The summed E-state index contributed by atoms with van der Waals surface area (Å²) in [5, 5.41) is 8.73. The molecule has 0 aromatic heterocycles. The molecule has 2 atom stereocenters. The molecule has 1 N–H and O–H groups in total. The quantitative estimate of drug-likeness (QED) is 0.882. The van der Waals surface area contributed by atoms with Crippen molar-refractivity contribution in [3.63, 3.8) is 0 Å². The molecule has 5 heteroatoms. The highest BCUT2D eigenvalue weighted by Gasteiger charge is 2.27. The van der Waals surface area contributed by atoms with Gasteiger partial charge in [0.1, 0.15) is 5.82 Å². The molecule has 1 aromatic rings. The second-order valence-electron chi connectivity index (χ2n) is 5.42. The number of nitrogens with zero attached hydrogens (tertiary/aromatic N) is 1. The normalized spacial score (nSPS) is 21.1. The molecule has 2 unspecified atom stereocenters. The van der Waals surface area contributed by atoms with Crippen molar-refractivity contribution < 1.29 is 14.3 Å². The minimum absolute atomic E-state index is 0.208. The van der Waals surface area contributed by atoms with E-state index in [-0.39, 0.29) is 18.3 Å². The van der Waals surface area contributed by atoms with E-state index in [4.69, 9.17) is 5.11 Å². The molecule has 3 nitrogen and oxygen atoms in total. The Morgan fingerprint density at radius 3 is 3.00 bits per heavy atom. The Morgan fingerprint density at radius 1 is 1.60 bits per heavy atom. The molecule has 0 spiro atoms. The summed E-state index contributed by atoms with van der Waals surface area (Å²) in [6.45, 7) is 3.99. The Balaban J connectivity index is 1.97. The molecule has 0 aliphatic carbocycles. The van der Waals surface area contributed by atoms with Crippen LogP contribution < -0.4 is 0 Å². The summed E-state index contributed by atoms with van der Waals surface area (Å²) < 4.78 is 13.9. The highest BCUT2D eigenvalue weighted by atomic mass is 79.9. The van der Waals surface area contributed by atoms with Crippen molar-refractivity contribution in [2.45, 2.75) is 32.2 Å². The van der Waals surface area contributed by atoms with Gasteiger partial charge >= 0.3 is 5.97 Å². The van der Waals surface area contributed by atoms with Crippen molar-refractivity contribution >= 4 is 21.9 Å². The summed E-state index contributed by atoms with van der Waals surface area (Å²) in [4.78, 5) is 13.0. The summed E-state index contributed by atoms with van der Waals surface area (Å²) in [7, 11) is 0. The first-order valence-electron chi connectivity index (χ1n) is 6.88. The van der Waals surface area contributed by atoms with E-state index in [1.165, 1.54) is 12.1 Å². The molecular weight excluding hydrogens is 325 g/mol. The average Bonchev–Trinajstić information content (AvgIpc) is 2.84. The zero-order chi connectivity index (χ0) is 14.7. The molecule has 1 aliphatic rings. The smallest absolute Gasteiger partial charge is 0.303 e. The van der Waals surface area contributed by atoms with Crippen LogP contribution in [0.25, 0.3) is 0 Å². The van der Waals surface area contributed by atoms with Crippen LogP contribution in [0.15, 0.2) is 22.7 Å². The first-order chi connectivity index (χ1) is 9.47. The molecule has 1 aliphatic heterocycles. The lowest BCUT2D eigenvalue weighted by Gasteiger charge is -2.25. The Kier molecular flexibility index (Phi) is 5.16. The number of likely N-dealkylation sites (tertiary alicyclic amines) is 1. The van der Waals surface area contributed by atoms with Crippen LogP contribution in [0.3, 0.4) is 0 Å². The fourth-order valence-corrected chi connectivity index (χ4v) is 3.50. The topological polar surface area (TPSA) is 40.5 Å². The second kappa shape index (κ2) is 6.68. The maximum atomic E-state index is 13.1. The van der Waals surface area contributed by atoms with Crippen LogP contribution in [0.1, 0.15) is 37.8 Å². The van der Waals surface area contributed by atoms with E-state index in [2.05, 4.69) is 27.8 Å². The van der Waals surface area contributed by atoms with Crippen LogP contribution in [0.2, 0.25) is 0 Å². The monoisotopic (exact) mass is 343 g/mol. The van der Waals surface area contributed by atoms with Gasteiger partial charge in [-0.15, -0.1) is 0 Å². The fraction of sp³-hybridized carbons (Fsp3) is 0.533. The van der Waals surface area contributed by atoms with Crippen LogP contribution in [-0.4, -0.2) is 29.1 Å². The lowest BCUT2D eigenvalue weighted by atomic mass is 10.0. The van der Waals surface area contributed by atoms with Crippen LogP contribution in [0.4, 0.5) is 4.39 Å². The third-order valence-electron chi connectivity index (χ3n) is 4.04. The van der Waals surface area contributed by atoms with Crippen molar-refractivity contribution in [1.82, 2.24) is 4.90 Å². The van der Waals surface area contributed by atoms with E-state index in [0.29, 0.717) is 5.92 Å². The standard InChI is InChI=1S/C15H19BrFNO2/c1-10(13-4-3-12(17)8-14(13)16)18-7-6-11(9-18)2-5-15(19)20/h3-4,8,10-11H,2,5-7,9H2,1H3,(H,19,20). The van der Waals surface area contributed by atoms with E-state index in [9.17, 15) is 9.18 Å². The summed E-state index contributed by atoms with van der Waals surface area (Å²) in [6.07, 6.45) is 2.02. The molecular formula is C15H19BrFNO2. The molecule has 0 amide bonds. The number of hydrogen-bond acceptors (Lipinski definition) is 2. The van der Waals surface area contributed by atoms with E-state index >= 15 is 0 Å². The molecule has 2 rings (SSSR count). The number of carbonyl (C=O) groups is 1. The van der Waals surface area contributed by atoms with Crippen LogP contribution >= 0.6 is 15.9 Å². The van der Waals surface area contributed by atoms with Gasteiger partial charge in [0, 0.05) is 23.5 Å². The highest BCUT2D eigenvalue weighted by molar-refractivity contribution is 9.10. The van der Waals surface area contributed by atoms with Crippen LogP contribution in [-0.2, 0) is 4.79 Å². The van der Waals surface area contributed by atoms with Gasteiger partial charge in [0.25, 0.3) is 0 Å². The van der Waals surface area contributed by atoms with Gasteiger partial charge in [-0.2, -0.15) is 0 Å². The Hall–Kier alpha value is -0.940. The minimum atomic E-state index is -0.724. The largest absolute Gasteiger partial charge is 0.481 e. The SMILES string of the molecule is CC(c1ccc(F)cc1Br)N1CCC(CCC(=O)O)C1.